The molecule has 4 amide bonds. The normalized spacial score (nSPS) is 21.3. The number of rotatable bonds is 16. The zero-order valence-electron chi connectivity index (χ0n) is 40.3. The van der Waals surface area contributed by atoms with E-state index in [9.17, 15) is 24.0 Å². The third kappa shape index (κ3) is 9.93. The molecule has 1 atom stereocenters. The number of piperidine rings is 2. The van der Waals surface area contributed by atoms with Gasteiger partial charge in [-0.1, -0.05) is 12.1 Å². The van der Waals surface area contributed by atoms with E-state index in [0.29, 0.717) is 47.9 Å². The van der Waals surface area contributed by atoms with E-state index >= 15 is 0 Å². The van der Waals surface area contributed by atoms with Crippen molar-refractivity contribution in [1.82, 2.24) is 39.1 Å². The molecule has 364 valence electrons. The molecule has 5 aromatic rings. The Labute approximate surface area is 402 Å². The largest absolute Gasteiger partial charge is 0.444 e. The fourth-order valence-electron chi connectivity index (χ4n) is 11.2. The average molecular weight is 940 g/mol. The summed E-state index contributed by atoms with van der Waals surface area (Å²) in [7, 11) is 7.84. The number of nitrogens with one attached hydrogen (secondary N) is 3. The molecule has 2 aromatic carbocycles. The number of benzene rings is 2. The minimum atomic E-state index is -0.691. The Bertz CT molecular complexity index is 2810. The molecular weight excluding hydrogens is 875 g/mol. The molecule has 17 nitrogen and oxygen atoms in total. The number of hydrogen-bond acceptors (Lipinski definition) is 12. The van der Waals surface area contributed by atoms with Crippen LogP contribution in [-0.2, 0) is 29.7 Å². The van der Waals surface area contributed by atoms with Crippen molar-refractivity contribution in [3.8, 4) is 11.5 Å². The van der Waals surface area contributed by atoms with Crippen LogP contribution in [0.2, 0.25) is 0 Å². The topological polar surface area (TPSA) is 183 Å². The molecule has 3 aromatic heterocycles. The third-order valence-corrected chi connectivity index (χ3v) is 15.4. The number of carbonyl (C=O) groups is 4. The average Bonchev–Trinajstić information content (AvgIpc) is 3.84. The van der Waals surface area contributed by atoms with Gasteiger partial charge in [0.2, 0.25) is 17.7 Å². The van der Waals surface area contributed by atoms with Gasteiger partial charge in [-0.15, -0.1) is 0 Å². The molecular formula is C52H65N11O6. The number of aryl methyl sites for hydroxylation is 1. The maximum Gasteiger partial charge on any atom is 0.329 e. The maximum absolute atomic E-state index is 14.0. The lowest BCUT2D eigenvalue weighted by Crippen LogP contribution is -2.44. The Morgan fingerprint density at radius 3 is 2.45 bits per heavy atom. The first-order valence-corrected chi connectivity index (χ1v) is 24.9. The maximum atomic E-state index is 14.0. The van der Waals surface area contributed by atoms with E-state index < -0.39 is 11.9 Å². The number of oxazole rings is 1. The minimum Gasteiger partial charge on any atom is -0.444 e. The van der Waals surface area contributed by atoms with E-state index in [1.165, 1.54) is 25.5 Å². The summed E-state index contributed by atoms with van der Waals surface area (Å²) in [5.74, 6) is 2.04. The number of likely N-dealkylation sites (tertiary alicyclic amines) is 1. The quantitative estimate of drug-likeness (QED) is 0.0947. The second kappa shape index (κ2) is 19.6. The Balaban J connectivity index is 0.679. The molecule has 3 N–H and O–H groups in total. The number of para-hydroxylation sites is 1. The fourth-order valence-corrected chi connectivity index (χ4v) is 11.2. The van der Waals surface area contributed by atoms with Crippen molar-refractivity contribution in [2.75, 3.05) is 69.4 Å². The first kappa shape index (κ1) is 46.4. The monoisotopic (exact) mass is 940 g/mol. The van der Waals surface area contributed by atoms with Gasteiger partial charge in [0.25, 0.3) is 11.8 Å². The van der Waals surface area contributed by atoms with Crippen molar-refractivity contribution in [1.29, 1.82) is 0 Å². The second-order valence-electron chi connectivity index (χ2n) is 20.5. The Hall–Kier alpha value is -6.33. The summed E-state index contributed by atoms with van der Waals surface area (Å²) in [6.45, 7) is 6.28. The summed E-state index contributed by atoms with van der Waals surface area (Å²) in [5.41, 5.74) is 6.32. The van der Waals surface area contributed by atoms with E-state index in [-0.39, 0.29) is 41.6 Å². The van der Waals surface area contributed by atoms with Crippen LogP contribution in [0.5, 0.6) is 0 Å². The number of hydrogen-bond donors (Lipinski definition) is 3. The highest BCUT2D eigenvalue weighted by molar-refractivity contribution is 6.07. The van der Waals surface area contributed by atoms with Gasteiger partial charge in [0.05, 0.1) is 22.4 Å². The van der Waals surface area contributed by atoms with Crippen LogP contribution < -0.4 is 26.5 Å². The van der Waals surface area contributed by atoms with Crippen LogP contribution in [0.1, 0.15) is 109 Å². The second-order valence-corrected chi connectivity index (χ2v) is 20.5. The van der Waals surface area contributed by atoms with Crippen LogP contribution in [0.3, 0.4) is 0 Å². The number of imide groups is 1. The molecule has 1 unspecified atom stereocenters. The minimum absolute atomic E-state index is 0.0635. The van der Waals surface area contributed by atoms with Gasteiger partial charge in [-0.3, -0.25) is 38.5 Å². The molecule has 17 heteroatoms. The molecule has 2 saturated carbocycles. The lowest BCUT2D eigenvalue weighted by atomic mass is 9.85. The summed E-state index contributed by atoms with van der Waals surface area (Å²) < 4.78 is 8.97. The van der Waals surface area contributed by atoms with E-state index in [1.54, 1.807) is 22.4 Å². The van der Waals surface area contributed by atoms with Gasteiger partial charge >= 0.3 is 5.69 Å². The van der Waals surface area contributed by atoms with Gasteiger partial charge in [0.15, 0.2) is 5.69 Å². The number of imidazole rings is 1. The lowest BCUT2D eigenvalue weighted by Gasteiger charge is -2.36. The van der Waals surface area contributed by atoms with Crippen LogP contribution in [0.4, 0.5) is 17.2 Å². The molecule has 0 bridgehead atoms. The molecule has 0 spiro atoms. The molecule has 69 heavy (non-hydrogen) atoms. The number of fused-ring (bicyclic) bond motifs is 2. The molecule has 2 saturated heterocycles. The van der Waals surface area contributed by atoms with Crippen molar-refractivity contribution >= 4 is 51.9 Å². The highest BCUT2D eigenvalue weighted by Crippen LogP contribution is 2.38. The molecule has 6 heterocycles. The SMILES string of the molecule is CN(CCC1CCN(Cc2cccc3c2n(C)c(=O)n3C2CCC(=O)NC2=O)CC1)CC1CCC(N2Cc3cc(NC(=O)c4coc(-c5ccnc(NCC6CC6)c5)n4)c(N(C)C)cc3C2=O)CC1. The van der Waals surface area contributed by atoms with Crippen LogP contribution >= 0.6 is 0 Å². The van der Waals surface area contributed by atoms with Gasteiger partial charge in [-0.25, -0.2) is 14.8 Å². The molecule has 10 rings (SSSR count). The highest BCUT2D eigenvalue weighted by atomic mass is 16.3. The van der Waals surface area contributed by atoms with E-state index in [4.69, 9.17) is 4.42 Å². The zero-order valence-corrected chi connectivity index (χ0v) is 40.3. The summed E-state index contributed by atoms with van der Waals surface area (Å²) >= 11 is 0. The van der Waals surface area contributed by atoms with Gasteiger partial charge in [0.1, 0.15) is 18.1 Å². The van der Waals surface area contributed by atoms with Crippen molar-refractivity contribution in [2.45, 2.75) is 95.8 Å². The van der Waals surface area contributed by atoms with Gasteiger partial charge in [-0.05, 0) is 150 Å². The predicted octanol–water partition coefficient (Wildman–Crippen LogP) is 6.26. The molecule has 0 radical (unpaired) electrons. The van der Waals surface area contributed by atoms with Crippen molar-refractivity contribution in [3.05, 3.63) is 87.8 Å². The fraction of sp³-hybridized carbons (Fsp3) is 0.519. The van der Waals surface area contributed by atoms with Gasteiger partial charge in [0, 0.05) is 77.1 Å². The van der Waals surface area contributed by atoms with Crippen molar-refractivity contribution < 1.29 is 23.6 Å². The molecule has 3 aliphatic heterocycles. The van der Waals surface area contributed by atoms with E-state index in [0.717, 1.165) is 117 Å². The smallest absolute Gasteiger partial charge is 0.329 e. The van der Waals surface area contributed by atoms with Crippen LogP contribution in [0.15, 0.2) is 64.1 Å². The molecule has 4 fully saturated rings. The third-order valence-electron chi connectivity index (χ3n) is 15.4. The van der Waals surface area contributed by atoms with Crippen LogP contribution in [-0.4, -0.2) is 117 Å². The standard InChI is InChI=1S/C52H65N11O6/c1-58(2)44-26-39-37(24-40(44)55-48(65)41-31-69-50(56-41)35-16-20-53-45(25-35)54-27-33-8-9-33)30-62(51(39)67)38-12-10-34(11-13-38)28-59(3)21-17-32-18-22-61(23-19-32)29-36-6-5-7-42-47(36)60(4)52(68)63(42)43-14-15-46(64)57-49(43)66/h5-7,16,20,24-26,31-34,38,43H,8-15,17-19,21-23,27-30H2,1-4H3,(H,53,54)(H,55,65)(H,57,64,66). The van der Waals surface area contributed by atoms with Crippen molar-refractivity contribution in [3.63, 3.8) is 0 Å². The lowest BCUT2D eigenvalue weighted by molar-refractivity contribution is -0.135. The summed E-state index contributed by atoms with van der Waals surface area (Å²) in [4.78, 5) is 83.4. The number of nitrogens with zero attached hydrogens (tertiary/aromatic N) is 8. The number of pyridine rings is 1. The van der Waals surface area contributed by atoms with Crippen LogP contribution in [0.25, 0.3) is 22.5 Å². The number of amides is 4. The van der Waals surface area contributed by atoms with E-state index in [2.05, 4.69) is 48.8 Å². The van der Waals surface area contributed by atoms with Gasteiger partial charge < -0.3 is 29.8 Å². The number of anilines is 3. The highest BCUT2D eigenvalue weighted by Gasteiger charge is 2.37. The summed E-state index contributed by atoms with van der Waals surface area (Å²) in [5, 5.41) is 8.83. The molecule has 5 aliphatic rings. The van der Waals surface area contributed by atoms with Crippen molar-refractivity contribution in [2.24, 2.45) is 24.8 Å². The molecule has 2 aliphatic carbocycles. The summed E-state index contributed by atoms with van der Waals surface area (Å²) in [6, 6.07) is 13.0. The first-order valence-electron chi connectivity index (χ1n) is 24.9. The van der Waals surface area contributed by atoms with E-state index in [1.807, 2.05) is 60.3 Å². The first-order chi connectivity index (χ1) is 33.4. The summed E-state index contributed by atoms with van der Waals surface area (Å²) in [6.07, 6.45) is 13.7. The number of aromatic nitrogens is 4. The van der Waals surface area contributed by atoms with Crippen LogP contribution in [0, 0.1) is 17.8 Å². The Morgan fingerprint density at radius 1 is 0.913 bits per heavy atom. The number of carbonyl (C=O) groups excluding carboxylic acids is 4. The predicted molar refractivity (Wildman–Crippen MR) is 264 cm³/mol. The van der Waals surface area contributed by atoms with Gasteiger partial charge in [-0.2, -0.15) is 0 Å². The Morgan fingerprint density at radius 2 is 1.70 bits per heavy atom. The Kier molecular flexibility index (Phi) is 13.2. The zero-order chi connectivity index (χ0) is 47.9.